The molecule has 0 aliphatic carbocycles. The van der Waals surface area contributed by atoms with Crippen LogP contribution in [0.25, 0.3) is 11.4 Å². The van der Waals surface area contributed by atoms with Crippen LogP contribution in [0, 0.1) is 0 Å². The Morgan fingerprint density at radius 3 is 3.06 bits per heavy atom. The Kier molecular flexibility index (Phi) is 2.70. The quantitative estimate of drug-likeness (QED) is 0.886. The molecule has 2 aromatic heterocycles. The second-order valence-corrected chi connectivity index (χ2v) is 5.63. The molecule has 0 radical (unpaired) electrons. The van der Waals surface area contributed by atoms with Crippen LogP contribution in [0.15, 0.2) is 21.3 Å². The molecular weight excluding hydrogens is 242 g/mol. The number of nitrogens with zero attached hydrogens (tertiary/aromatic N) is 2. The maximum atomic E-state index is 5.99. The number of nitrogens with two attached hydrogens (primary N) is 1. The van der Waals surface area contributed by atoms with Crippen molar-refractivity contribution in [3.8, 4) is 11.4 Å². The Hall–Kier alpha value is -0.850. The van der Waals surface area contributed by atoms with Crippen LogP contribution in [0.5, 0.6) is 0 Å². The predicted octanol–water partition coefficient (Wildman–Crippen LogP) is 1.96. The lowest BCUT2D eigenvalue weighted by atomic mass is 10.1. The van der Waals surface area contributed by atoms with E-state index in [9.17, 15) is 0 Å². The fourth-order valence-corrected chi connectivity index (χ4v) is 3.64. The molecule has 1 saturated heterocycles. The molecule has 0 aromatic carbocycles. The van der Waals surface area contributed by atoms with E-state index in [0.717, 1.165) is 17.1 Å². The highest BCUT2D eigenvalue weighted by atomic mass is 32.2. The SMILES string of the molecule is NC1CSCC1c1nc(-c2ccsc2)no1. The smallest absolute Gasteiger partial charge is 0.232 e. The van der Waals surface area contributed by atoms with E-state index >= 15 is 0 Å². The van der Waals surface area contributed by atoms with Gasteiger partial charge >= 0.3 is 0 Å². The van der Waals surface area contributed by atoms with Gasteiger partial charge in [-0.05, 0) is 11.4 Å². The van der Waals surface area contributed by atoms with Gasteiger partial charge in [-0.15, -0.1) is 0 Å². The maximum absolute atomic E-state index is 5.99. The highest BCUT2D eigenvalue weighted by Gasteiger charge is 2.30. The summed E-state index contributed by atoms with van der Waals surface area (Å²) in [7, 11) is 0. The number of rotatable bonds is 2. The molecule has 1 aliphatic heterocycles. The Morgan fingerprint density at radius 1 is 1.44 bits per heavy atom. The van der Waals surface area contributed by atoms with Crippen molar-refractivity contribution in [1.82, 2.24) is 10.1 Å². The number of thioether (sulfide) groups is 1. The second-order valence-electron chi connectivity index (χ2n) is 3.78. The first-order chi connectivity index (χ1) is 7.84. The summed E-state index contributed by atoms with van der Waals surface area (Å²) >= 11 is 3.47. The van der Waals surface area contributed by atoms with E-state index < -0.39 is 0 Å². The fourth-order valence-electron chi connectivity index (χ4n) is 1.72. The van der Waals surface area contributed by atoms with E-state index in [2.05, 4.69) is 10.1 Å². The third kappa shape index (κ3) is 1.77. The summed E-state index contributed by atoms with van der Waals surface area (Å²) < 4.78 is 5.29. The molecule has 2 N–H and O–H groups in total. The minimum atomic E-state index is 0.140. The van der Waals surface area contributed by atoms with Crippen molar-refractivity contribution in [1.29, 1.82) is 0 Å². The van der Waals surface area contributed by atoms with E-state index in [-0.39, 0.29) is 12.0 Å². The zero-order valence-corrected chi connectivity index (χ0v) is 10.1. The van der Waals surface area contributed by atoms with Crippen LogP contribution in [0.1, 0.15) is 11.8 Å². The van der Waals surface area contributed by atoms with Crippen molar-refractivity contribution >= 4 is 23.1 Å². The summed E-state index contributed by atoms with van der Waals surface area (Å²) in [5, 5.41) is 8.01. The van der Waals surface area contributed by atoms with Gasteiger partial charge in [0.2, 0.25) is 11.7 Å². The summed E-state index contributed by atoms with van der Waals surface area (Å²) in [4.78, 5) is 4.42. The third-order valence-electron chi connectivity index (χ3n) is 2.66. The van der Waals surface area contributed by atoms with Crippen molar-refractivity contribution in [2.45, 2.75) is 12.0 Å². The Labute approximate surface area is 101 Å². The van der Waals surface area contributed by atoms with Gasteiger partial charge in [0.15, 0.2) is 0 Å². The summed E-state index contributed by atoms with van der Waals surface area (Å²) in [5.74, 6) is 3.51. The monoisotopic (exact) mass is 253 g/mol. The maximum Gasteiger partial charge on any atom is 0.232 e. The van der Waals surface area contributed by atoms with Crippen LogP contribution in [0.4, 0.5) is 0 Å². The van der Waals surface area contributed by atoms with Gasteiger partial charge in [0.05, 0.1) is 5.92 Å². The third-order valence-corrected chi connectivity index (χ3v) is 4.56. The van der Waals surface area contributed by atoms with Crippen molar-refractivity contribution in [3.63, 3.8) is 0 Å². The van der Waals surface area contributed by atoms with Gasteiger partial charge in [0.25, 0.3) is 0 Å². The standard InChI is InChI=1S/C10H11N3OS2/c11-8-5-16-4-7(8)10-12-9(13-14-10)6-1-2-15-3-6/h1-3,7-8H,4-5,11H2. The van der Waals surface area contributed by atoms with Gasteiger partial charge in [0.1, 0.15) is 0 Å². The van der Waals surface area contributed by atoms with Crippen LogP contribution in [0.3, 0.4) is 0 Å². The lowest BCUT2D eigenvalue weighted by Gasteiger charge is -2.07. The molecule has 1 aliphatic rings. The molecule has 0 spiro atoms. The lowest BCUT2D eigenvalue weighted by Crippen LogP contribution is -2.26. The molecule has 2 atom stereocenters. The van der Waals surface area contributed by atoms with Gasteiger partial charge in [-0.2, -0.15) is 28.1 Å². The van der Waals surface area contributed by atoms with Gasteiger partial charge in [-0.3, -0.25) is 0 Å². The van der Waals surface area contributed by atoms with Crippen LogP contribution >= 0.6 is 23.1 Å². The molecule has 0 amide bonds. The van der Waals surface area contributed by atoms with E-state index in [1.807, 2.05) is 28.6 Å². The summed E-state index contributed by atoms with van der Waals surface area (Å²) in [6.07, 6.45) is 0. The molecule has 2 unspecified atom stereocenters. The molecule has 3 rings (SSSR count). The number of hydrogen-bond donors (Lipinski definition) is 1. The minimum Gasteiger partial charge on any atom is -0.339 e. The van der Waals surface area contributed by atoms with Gasteiger partial charge in [-0.1, -0.05) is 5.16 Å². The molecule has 6 heteroatoms. The molecule has 2 aromatic rings. The normalized spacial score (nSPS) is 25.1. The molecule has 3 heterocycles. The van der Waals surface area contributed by atoms with E-state index in [1.54, 1.807) is 11.3 Å². The van der Waals surface area contributed by atoms with E-state index in [1.165, 1.54) is 0 Å². The highest BCUT2D eigenvalue weighted by molar-refractivity contribution is 7.99. The topological polar surface area (TPSA) is 64.9 Å². The highest BCUT2D eigenvalue weighted by Crippen LogP contribution is 2.31. The first kappa shape index (κ1) is 10.3. The molecule has 4 nitrogen and oxygen atoms in total. The molecule has 1 fully saturated rings. The van der Waals surface area contributed by atoms with Crippen LogP contribution in [0.2, 0.25) is 0 Å². The molecular formula is C10H11N3OS2. The van der Waals surface area contributed by atoms with Crippen molar-refractivity contribution in [2.75, 3.05) is 11.5 Å². The number of thiophene rings is 1. The lowest BCUT2D eigenvalue weighted by molar-refractivity contribution is 0.352. The zero-order valence-electron chi connectivity index (χ0n) is 8.50. The largest absolute Gasteiger partial charge is 0.339 e. The van der Waals surface area contributed by atoms with Crippen molar-refractivity contribution < 1.29 is 4.52 Å². The summed E-state index contributed by atoms with van der Waals surface area (Å²) in [6, 6.07) is 2.13. The number of hydrogen-bond acceptors (Lipinski definition) is 6. The average molecular weight is 253 g/mol. The van der Waals surface area contributed by atoms with Gasteiger partial charge in [-0.25, -0.2) is 0 Å². The molecule has 84 valence electrons. The van der Waals surface area contributed by atoms with Crippen LogP contribution in [-0.4, -0.2) is 27.7 Å². The average Bonchev–Trinajstić information content (AvgIpc) is 2.96. The molecule has 0 saturated carbocycles. The van der Waals surface area contributed by atoms with Crippen molar-refractivity contribution in [3.05, 3.63) is 22.7 Å². The Balaban J connectivity index is 1.88. The van der Waals surface area contributed by atoms with E-state index in [0.29, 0.717) is 11.7 Å². The zero-order chi connectivity index (χ0) is 11.0. The van der Waals surface area contributed by atoms with E-state index in [4.69, 9.17) is 10.3 Å². The molecule has 0 bridgehead atoms. The fraction of sp³-hybridized carbons (Fsp3) is 0.400. The Morgan fingerprint density at radius 2 is 2.38 bits per heavy atom. The van der Waals surface area contributed by atoms with Crippen LogP contribution < -0.4 is 5.73 Å². The Bertz CT molecular complexity index is 468. The molecule has 16 heavy (non-hydrogen) atoms. The van der Waals surface area contributed by atoms with Gasteiger partial charge in [0, 0.05) is 28.5 Å². The van der Waals surface area contributed by atoms with Crippen molar-refractivity contribution in [2.24, 2.45) is 5.73 Å². The van der Waals surface area contributed by atoms with Crippen LogP contribution in [-0.2, 0) is 0 Å². The van der Waals surface area contributed by atoms with Gasteiger partial charge < -0.3 is 10.3 Å². The second kappa shape index (κ2) is 4.20. The summed E-state index contributed by atoms with van der Waals surface area (Å²) in [5.41, 5.74) is 7.01. The number of aromatic nitrogens is 2. The summed E-state index contributed by atoms with van der Waals surface area (Å²) in [6.45, 7) is 0. The minimum absolute atomic E-state index is 0.140. The predicted molar refractivity (Wildman–Crippen MR) is 65.7 cm³/mol. The first-order valence-corrected chi connectivity index (χ1v) is 7.14. The first-order valence-electron chi connectivity index (χ1n) is 5.04.